The number of amides is 3. The molecular formula is C16H23N3O2. The Morgan fingerprint density at radius 2 is 2.00 bits per heavy atom. The van der Waals surface area contributed by atoms with Crippen LogP contribution >= 0.6 is 0 Å². The van der Waals surface area contributed by atoms with Gasteiger partial charge in [-0.25, -0.2) is 4.79 Å². The molecule has 1 aliphatic carbocycles. The van der Waals surface area contributed by atoms with Gasteiger partial charge in [0, 0.05) is 25.6 Å². The molecule has 5 heteroatoms. The molecule has 1 saturated carbocycles. The molecule has 0 bridgehead atoms. The van der Waals surface area contributed by atoms with E-state index in [4.69, 9.17) is 5.73 Å². The number of primary amides is 1. The molecule has 0 heterocycles. The minimum Gasteiger partial charge on any atom is -0.351 e. The average Bonchev–Trinajstić information content (AvgIpc) is 3.27. The van der Waals surface area contributed by atoms with Crippen molar-refractivity contribution in [3.8, 4) is 0 Å². The predicted molar refractivity (Wildman–Crippen MR) is 81.4 cm³/mol. The summed E-state index contributed by atoms with van der Waals surface area (Å²) in [4.78, 5) is 24.6. The number of carbonyl (C=O) groups is 2. The van der Waals surface area contributed by atoms with Crippen LogP contribution in [0, 0.1) is 5.92 Å². The van der Waals surface area contributed by atoms with Crippen LogP contribution in [0.2, 0.25) is 0 Å². The van der Waals surface area contributed by atoms with Crippen molar-refractivity contribution in [1.29, 1.82) is 0 Å². The van der Waals surface area contributed by atoms with Crippen molar-refractivity contribution in [2.75, 3.05) is 6.54 Å². The Morgan fingerprint density at radius 1 is 1.33 bits per heavy atom. The lowest BCUT2D eigenvalue weighted by Crippen LogP contribution is -2.40. The molecule has 114 valence electrons. The maximum absolute atomic E-state index is 11.6. The molecule has 5 nitrogen and oxygen atoms in total. The summed E-state index contributed by atoms with van der Waals surface area (Å²) in [6.07, 6.45) is 2.81. The number of rotatable bonds is 7. The smallest absolute Gasteiger partial charge is 0.318 e. The van der Waals surface area contributed by atoms with Gasteiger partial charge in [0.2, 0.25) is 5.91 Å². The van der Waals surface area contributed by atoms with Gasteiger partial charge in [0.15, 0.2) is 0 Å². The van der Waals surface area contributed by atoms with Gasteiger partial charge < -0.3 is 5.73 Å². The van der Waals surface area contributed by atoms with Crippen LogP contribution in [-0.2, 0) is 11.3 Å². The molecule has 0 aliphatic heterocycles. The third-order valence-corrected chi connectivity index (χ3v) is 4.00. The van der Waals surface area contributed by atoms with Gasteiger partial charge in [0.1, 0.15) is 0 Å². The highest BCUT2D eigenvalue weighted by Gasteiger charge is 2.32. The summed E-state index contributed by atoms with van der Waals surface area (Å²) in [5, 5.41) is 2.12. The SMILES string of the molecule is CC(C1CC1)N(CCC(=O)NC(N)=O)Cc1ccccc1. The Morgan fingerprint density at radius 3 is 2.57 bits per heavy atom. The zero-order chi connectivity index (χ0) is 15.2. The van der Waals surface area contributed by atoms with E-state index in [0.717, 1.165) is 12.5 Å². The number of nitrogens with two attached hydrogens (primary N) is 1. The van der Waals surface area contributed by atoms with Crippen molar-refractivity contribution in [2.24, 2.45) is 11.7 Å². The number of benzene rings is 1. The molecule has 3 amide bonds. The van der Waals surface area contributed by atoms with Gasteiger partial charge in [-0.1, -0.05) is 30.3 Å². The molecule has 1 aromatic rings. The van der Waals surface area contributed by atoms with Crippen molar-refractivity contribution >= 4 is 11.9 Å². The van der Waals surface area contributed by atoms with Crippen LogP contribution in [0.25, 0.3) is 0 Å². The summed E-state index contributed by atoms with van der Waals surface area (Å²) >= 11 is 0. The van der Waals surface area contributed by atoms with E-state index in [-0.39, 0.29) is 12.3 Å². The summed E-state index contributed by atoms with van der Waals surface area (Å²) in [5.74, 6) is 0.413. The van der Waals surface area contributed by atoms with Crippen LogP contribution in [0.15, 0.2) is 30.3 Å². The first-order valence-corrected chi connectivity index (χ1v) is 7.43. The third-order valence-electron chi connectivity index (χ3n) is 4.00. The van der Waals surface area contributed by atoms with Crippen LogP contribution in [0.5, 0.6) is 0 Å². The summed E-state index contributed by atoms with van der Waals surface area (Å²) in [6.45, 7) is 3.67. The Hall–Kier alpha value is -1.88. The van der Waals surface area contributed by atoms with Gasteiger partial charge in [-0.05, 0) is 31.2 Å². The van der Waals surface area contributed by atoms with Crippen LogP contribution < -0.4 is 11.1 Å². The Balaban J connectivity index is 1.92. The minimum atomic E-state index is -0.787. The van der Waals surface area contributed by atoms with Crippen molar-refractivity contribution < 1.29 is 9.59 Å². The first-order valence-electron chi connectivity index (χ1n) is 7.43. The monoisotopic (exact) mass is 289 g/mol. The van der Waals surface area contributed by atoms with E-state index >= 15 is 0 Å². The van der Waals surface area contributed by atoms with Gasteiger partial charge in [0.25, 0.3) is 0 Å². The number of urea groups is 1. The molecule has 2 rings (SSSR count). The summed E-state index contributed by atoms with van der Waals surface area (Å²) < 4.78 is 0. The van der Waals surface area contributed by atoms with Gasteiger partial charge in [-0.3, -0.25) is 15.0 Å². The van der Waals surface area contributed by atoms with Crippen molar-refractivity contribution in [3.05, 3.63) is 35.9 Å². The second-order valence-corrected chi connectivity index (χ2v) is 5.70. The fraction of sp³-hybridized carbons (Fsp3) is 0.500. The second-order valence-electron chi connectivity index (χ2n) is 5.70. The summed E-state index contributed by atoms with van der Waals surface area (Å²) in [7, 11) is 0. The van der Waals surface area contributed by atoms with E-state index in [1.807, 2.05) is 18.2 Å². The van der Waals surface area contributed by atoms with Crippen LogP contribution in [0.1, 0.15) is 31.7 Å². The molecule has 0 spiro atoms. The lowest BCUT2D eigenvalue weighted by molar-refractivity contribution is -0.120. The lowest BCUT2D eigenvalue weighted by Gasteiger charge is -2.29. The van der Waals surface area contributed by atoms with Crippen LogP contribution in [0.4, 0.5) is 4.79 Å². The highest BCUT2D eigenvalue weighted by atomic mass is 16.2. The maximum Gasteiger partial charge on any atom is 0.318 e. The molecule has 1 fully saturated rings. The fourth-order valence-electron chi connectivity index (χ4n) is 2.57. The lowest BCUT2D eigenvalue weighted by atomic mass is 10.1. The molecule has 0 aromatic heterocycles. The zero-order valence-electron chi connectivity index (χ0n) is 12.4. The molecule has 1 aliphatic rings. The molecule has 1 atom stereocenters. The maximum atomic E-state index is 11.6. The molecule has 1 aromatic carbocycles. The number of carbonyl (C=O) groups excluding carboxylic acids is 2. The third kappa shape index (κ3) is 5.19. The highest BCUT2D eigenvalue weighted by Crippen LogP contribution is 2.35. The molecule has 21 heavy (non-hydrogen) atoms. The second kappa shape index (κ2) is 7.22. The van der Waals surface area contributed by atoms with Gasteiger partial charge in [-0.2, -0.15) is 0 Å². The molecule has 0 radical (unpaired) electrons. The molecule has 1 unspecified atom stereocenters. The Bertz CT molecular complexity index is 486. The van der Waals surface area contributed by atoms with Crippen molar-refractivity contribution in [3.63, 3.8) is 0 Å². The zero-order valence-corrected chi connectivity index (χ0v) is 12.4. The van der Waals surface area contributed by atoms with Crippen molar-refractivity contribution in [1.82, 2.24) is 10.2 Å². The highest BCUT2D eigenvalue weighted by molar-refractivity contribution is 5.93. The van der Waals surface area contributed by atoms with E-state index in [9.17, 15) is 9.59 Å². The van der Waals surface area contributed by atoms with E-state index in [1.54, 1.807) is 0 Å². The van der Waals surface area contributed by atoms with Crippen molar-refractivity contribution in [2.45, 2.75) is 38.8 Å². The molecule has 3 N–H and O–H groups in total. The van der Waals surface area contributed by atoms with Crippen LogP contribution in [-0.4, -0.2) is 29.4 Å². The first-order chi connectivity index (χ1) is 10.1. The number of hydrogen-bond acceptors (Lipinski definition) is 3. The fourth-order valence-corrected chi connectivity index (χ4v) is 2.57. The predicted octanol–water partition coefficient (Wildman–Crippen LogP) is 1.87. The first kappa shape index (κ1) is 15.5. The average molecular weight is 289 g/mol. The molecular weight excluding hydrogens is 266 g/mol. The topological polar surface area (TPSA) is 75.4 Å². The standard InChI is InChI=1S/C16H23N3O2/c1-12(14-7-8-14)19(10-9-15(20)18-16(17)21)11-13-5-3-2-4-6-13/h2-6,12,14H,7-11H2,1H3,(H3,17,18,20,21). The van der Waals surface area contributed by atoms with Crippen LogP contribution in [0.3, 0.4) is 0 Å². The van der Waals surface area contributed by atoms with Gasteiger partial charge in [-0.15, -0.1) is 0 Å². The van der Waals surface area contributed by atoms with E-state index in [2.05, 4.69) is 29.3 Å². The van der Waals surface area contributed by atoms with E-state index < -0.39 is 6.03 Å². The van der Waals surface area contributed by atoms with Gasteiger partial charge >= 0.3 is 6.03 Å². The number of nitrogens with one attached hydrogen (secondary N) is 1. The number of imide groups is 1. The quantitative estimate of drug-likeness (QED) is 0.804. The van der Waals surface area contributed by atoms with Gasteiger partial charge in [0.05, 0.1) is 0 Å². The number of hydrogen-bond donors (Lipinski definition) is 2. The largest absolute Gasteiger partial charge is 0.351 e. The Kier molecular flexibility index (Phi) is 5.33. The summed E-state index contributed by atoms with van der Waals surface area (Å²) in [6, 6.07) is 9.89. The van der Waals surface area contributed by atoms with E-state index in [0.29, 0.717) is 12.6 Å². The molecule has 0 saturated heterocycles. The summed E-state index contributed by atoms with van der Waals surface area (Å²) in [5.41, 5.74) is 6.19. The minimum absolute atomic E-state index is 0.285. The number of nitrogens with zero attached hydrogens (tertiary/aromatic N) is 1. The normalized spacial score (nSPS) is 15.7. The Labute approximate surface area is 125 Å². The van der Waals surface area contributed by atoms with E-state index in [1.165, 1.54) is 18.4 Å².